The van der Waals surface area contributed by atoms with Gasteiger partial charge in [-0.2, -0.15) is 0 Å². The van der Waals surface area contributed by atoms with Crippen LogP contribution < -0.4 is 15.4 Å². The summed E-state index contributed by atoms with van der Waals surface area (Å²) in [5.74, 6) is 0.678. The number of rotatable bonds is 7. The number of nitrogens with one attached hydrogen (secondary N) is 2. The molecule has 0 fully saturated rings. The van der Waals surface area contributed by atoms with E-state index in [0.717, 1.165) is 4.47 Å². The number of furan rings is 1. The zero-order valence-corrected chi connectivity index (χ0v) is 19.3. The molecule has 6 nitrogen and oxygen atoms in total. The van der Waals surface area contributed by atoms with Crippen molar-refractivity contribution in [1.29, 1.82) is 0 Å². The van der Waals surface area contributed by atoms with E-state index >= 15 is 0 Å². The van der Waals surface area contributed by atoms with Crippen molar-refractivity contribution in [1.82, 2.24) is 5.32 Å². The summed E-state index contributed by atoms with van der Waals surface area (Å²) in [6.45, 7) is 6.54. The Kier molecular flexibility index (Phi) is 7.17. The summed E-state index contributed by atoms with van der Waals surface area (Å²) in [4.78, 5) is 24.6. The van der Waals surface area contributed by atoms with E-state index in [0.29, 0.717) is 29.3 Å². The second-order valence-corrected chi connectivity index (χ2v) is 8.93. The molecule has 0 radical (unpaired) electrons. The van der Waals surface area contributed by atoms with E-state index in [1.54, 1.807) is 42.7 Å². The minimum absolute atomic E-state index is 0.0215. The van der Waals surface area contributed by atoms with Crippen molar-refractivity contribution in [2.45, 2.75) is 32.7 Å². The lowest BCUT2D eigenvalue weighted by Gasteiger charge is -2.20. The fraction of sp³-hybridized carbons (Fsp3) is 0.250. The molecule has 1 heterocycles. The number of ether oxygens (including phenoxy) is 1. The number of carbonyl (C=O) groups excluding carboxylic acids is 2. The van der Waals surface area contributed by atoms with E-state index in [-0.39, 0.29) is 23.8 Å². The van der Waals surface area contributed by atoms with Crippen molar-refractivity contribution in [3.05, 3.63) is 82.2 Å². The second-order valence-electron chi connectivity index (χ2n) is 8.07. The predicted molar refractivity (Wildman–Crippen MR) is 123 cm³/mol. The third-order valence-electron chi connectivity index (χ3n) is 4.57. The minimum Gasteiger partial charge on any atom is -0.483 e. The maximum absolute atomic E-state index is 12.3. The first-order chi connectivity index (χ1) is 14.7. The normalized spacial score (nSPS) is 11.1. The van der Waals surface area contributed by atoms with Crippen molar-refractivity contribution in [3.63, 3.8) is 0 Å². The lowest BCUT2D eigenvalue weighted by atomic mass is 9.87. The van der Waals surface area contributed by atoms with Gasteiger partial charge in [0.15, 0.2) is 6.61 Å². The van der Waals surface area contributed by atoms with Crippen LogP contribution in [0.15, 0.2) is 69.8 Å². The van der Waals surface area contributed by atoms with Crippen LogP contribution in [0.25, 0.3) is 0 Å². The Morgan fingerprint density at radius 3 is 2.55 bits per heavy atom. The largest absolute Gasteiger partial charge is 0.483 e. The zero-order valence-electron chi connectivity index (χ0n) is 17.7. The third kappa shape index (κ3) is 6.46. The minimum atomic E-state index is -0.319. The van der Waals surface area contributed by atoms with Crippen molar-refractivity contribution in [2.24, 2.45) is 0 Å². The van der Waals surface area contributed by atoms with Crippen molar-refractivity contribution in [2.75, 3.05) is 11.9 Å². The Morgan fingerprint density at radius 2 is 1.87 bits per heavy atom. The molecule has 0 unspecified atom stereocenters. The number of hydrogen-bond acceptors (Lipinski definition) is 4. The Morgan fingerprint density at radius 1 is 1.06 bits per heavy atom. The molecule has 2 N–H and O–H groups in total. The highest BCUT2D eigenvalue weighted by Crippen LogP contribution is 2.31. The maximum Gasteiger partial charge on any atom is 0.262 e. The van der Waals surface area contributed by atoms with Gasteiger partial charge >= 0.3 is 0 Å². The number of halogens is 1. The van der Waals surface area contributed by atoms with Crippen molar-refractivity contribution in [3.8, 4) is 5.75 Å². The third-order valence-corrected chi connectivity index (χ3v) is 5.19. The molecular weight excluding hydrogens is 460 g/mol. The van der Waals surface area contributed by atoms with Crippen LogP contribution in [0.2, 0.25) is 0 Å². The standard InChI is InChI=1S/C24H25BrN2O4/c1-24(2,3)17-9-10-21(20(25)13-17)31-15-22(28)27-18-7-4-6-16(12-18)23(29)26-14-19-8-5-11-30-19/h4-13H,14-15H2,1-3H3,(H,26,29)(H,27,28). The first-order valence-corrected chi connectivity index (χ1v) is 10.6. The number of anilines is 1. The molecule has 3 aromatic rings. The number of amides is 2. The fourth-order valence-corrected chi connectivity index (χ4v) is 3.34. The lowest BCUT2D eigenvalue weighted by Crippen LogP contribution is -2.23. The van der Waals surface area contributed by atoms with E-state index in [4.69, 9.17) is 9.15 Å². The summed E-state index contributed by atoms with van der Waals surface area (Å²) in [7, 11) is 0. The van der Waals surface area contributed by atoms with E-state index in [2.05, 4.69) is 47.3 Å². The summed E-state index contributed by atoms with van der Waals surface area (Å²) in [6.07, 6.45) is 1.55. The number of benzene rings is 2. The summed E-state index contributed by atoms with van der Waals surface area (Å²) in [6, 6.07) is 16.1. The summed E-state index contributed by atoms with van der Waals surface area (Å²) < 4.78 is 11.6. The molecule has 0 saturated carbocycles. The quantitative estimate of drug-likeness (QED) is 0.477. The Balaban J connectivity index is 1.55. The molecule has 0 aliphatic carbocycles. The topological polar surface area (TPSA) is 80.6 Å². The second kappa shape index (κ2) is 9.83. The average Bonchev–Trinajstić information content (AvgIpc) is 3.24. The smallest absolute Gasteiger partial charge is 0.262 e. The molecule has 1 aromatic heterocycles. The van der Waals surface area contributed by atoms with Crippen LogP contribution in [0, 0.1) is 0 Å². The van der Waals surface area contributed by atoms with Gasteiger partial charge in [-0.15, -0.1) is 0 Å². The summed E-state index contributed by atoms with van der Waals surface area (Å²) in [5.41, 5.74) is 2.14. The Bertz CT molecular complexity index is 1060. The van der Waals surface area contributed by atoms with Crippen LogP contribution in [0.3, 0.4) is 0 Å². The highest BCUT2D eigenvalue weighted by Gasteiger charge is 2.16. The van der Waals surface area contributed by atoms with Gasteiger partial charge in [0.25, 0.3) is 11.8 Å². The van der Waals surface area contributed by atoms with Gasteiger partial charge in [-0.05, 0) is 69.4 Å². The van der Waals surface area contributed by atoms with E-state index in [1.165, 1.54) is 5.56 Å². The molecular formula is C24H25BrN2O4. The van der Waals surface area contributed by atoms with Gasteiger partial charge in [-0.1, -0.05) is 32.9 Å². The highest BCUT2D eigenvalue weighted by atomic mass is 79.9. The van der Waals surface area contributed by atoms with E-state index in [9.17, 15) is 9.59 Å². The van der Waals surface area contributed by atoms with Crippen molar-refractivity contribution >= 4 is 33.4 Å². The predicted octanol–water partition coefficient (Wildman–Crippen LogP) is 5.29. The van der Waals surface area contributed by atoms with E-state index in [1.807, 2.05) is 18.2 Å². The molecule has 31 heavy (non-hydrogen) atoms. The first kappa shape index (κ1) is 22.6. The molecule has 0 bridgehead atoms. The van der Waals surface area contributed by atoms with Gasteiger partial charge in [-0.3, -0.25) is 9.59 Å². The van der Waals surface area contributed by atoms with Crippen LogP contribution in [0.4, 0.5) is 5.69 Å². The molecule has 0 atom stereocenters. The molecule has 3 rings (SSSR count). The zero-order chi connectivity index (χ0) is 22.4. The summed E-state index contributed by atoms with van der Waals surface area (Å²) >= 11 is 3.50. The first-order valence-electron chi connectivity index (χ1n) is 9.86. The Hall–Kier alpha value is -3.06. The van der Waals surface area contributed by atoms with Crippen LogP contribution >= 0.6 is 15.9 Å². The monoisotopic (exact) mass is 484 g/mol. The van der Waals surface area contributed by atoms with Crippen LogP contribution in [-0.4, -0.2) is 18.4 Å². The van der Waals surface area contributed by atoms with Crippen LogP contribution in [0.1, 0.15) is 42.5 Å². The van der Waals surface area contributed by atoms with Crippen LogP contribution in [0.5, 0.6) is 5.75 Å². The molecule has 0 aliphatic rings. The van der Waals surface area contributed by atoms with Gasteiger partial charge in [-0.25, -0.2) is 0 Å². The average molecular weight is 485 g/mol. The molecule has 0 saturated heterocycles. The molecule has 0 spiro atoms. The lowest BCUT2D eigenvalue weighted by molar-refractivity contribution is -0.118. The van der Waals surface area contributed by atoms with Gasteiger partial charge in [0.05, 0.1) is 17.3 Å². The molecule has 2 aromatic carbocycles. The number of carbonyl (C=O) groups is 2. The molecule has 0 aliphatic heterocycles. The fourth-order valence-electron chi connectivity index (χ4n) is 2.85. The molecule has 7 heteroatoms. The Labute approximate surface area is 190 Å². The van der Waals surface area contributed by atoms with Gasteiger partial charge in [0.2, 0.25) is 0 Å². The number of hydrogen-bond donors (Lipinski definition) is 2. The van der Waals surface area contributed by atoms with Crippen LogP contribution in [-0.2, 0) is 16.8 Å². The highest BCUT2D eigenvalue weighted by molar-refractivity contribution is 9.10. The van der Waals surface area contributed by atoms with Gasteiger partial charge in [0.1, 0.15) is 11.5 Å². The SMILES string of the molecule is CC(C)(C)c1ccc(OCC(=O)Nc2cccc(C(=O)NCc3ccco3)c2)c(Br)c1. The molecule has 162 valence electrons. The molecule has 2 amide bonds. The maximum atomic E-state index is 12.3. The van der Waals surface area contributed by atoms with Crippen molar-refractivity contribution < 1.29 is 18.7 Å². The van der Waals surface area contributed by atoms with Gasteiger partial charge in [0, 0.05) is 11.3 Å². The van der Waals surface area contributed by atoms with E-state index < -0.39 is 0 Å². The summed E-state index contributed by atoms with van der Waals surface area (Å²) in [5, 5.41) is 5.53. The van der Waals surface area contributed by atoms with Gasteiger partial charge < -0.3 is 19.8 Å².